The monoisotopic (exact) mass is 289 g/mol. The van der Waals surface area contributed by atoms with Gasteiger partial charge in [-0.25, -0.2) is 4.52 Å². The fourth-order valence-corrected chi connectivity index (χ4v) is 2.60. The van der Waals surface area contributed by atoms with Crippen LogP contribution in [0.2, 0.25) is 0 Å². The minimum Gasteiger partial charge on any atom is -0.438 e. The van der Waals surface area contributed by atoms with Crippen LogP contribution >= 0.6 is 0 Å². The predicted molar refractivity (Wildman–Crippen MR) is 86.5 cm³/mol. The van der Waals surface area contributed by atoms with E-state index in [2.05, 4.69) is 10.1 Å². The molecule has 4 aromatic rings. The number of aromatic nitrogens is 3. The van der Waals surface area contributed by atoms with E-state index in [-0.39, 0.29) is 0 Å². The molecule has 0 aliphatic carbocycles. The Hall–Kier alpha value is -2.88. The number of hydrogen-bond acceptors (Lipinski definition) is 3. The lowest BCUT2D eigenvalue weighted by Crippen LogP contribution is -1.98. The third-order valence-corrected chi connectivity index (χ3v) is 3.69. The minimum atomic E-state index is 0.609. The van der Waals surface area contributed by atoms with Crippen molar-refractivity contribution in [3.63, 3.8) is 0 Å². The van der Waals surface area contributed by atoms with E-state index in [0.717, 1.165) is 33.6 Å². The molecule has 0 N–H and O–H groups in total. The van der Waals surface area contributed by atoms with Crippen molar-refractivity contribution in [2.45, 2.75) is 13.8 Å². The van der Waals surface area contributed by atoms with E-state index in [4.69, 9.17) is 4.74 Å². The number of hydrogen-bond donors (Lipinski definition) is 0. The Kier molecular flexibility index (Phi) is 2.82. The van der Waals surface area contributed by atoms with Crippen LogP contribution in [0.4, 0.5) is 0 Å². The zero-order valence-corrected chi connectivity index (χ0v) is 12.4. The third-order valence-electron chi connectivity index (χ3n) is 3.69. The van der Waals surface area contributed by atoms with Crippen molar-refractivity contribution in [3.8, 4) is 11.6 Å². The molecular formula is C18H15N3O. The maximum Gasteiger partial charge on any atom is 0.230 e. The summed E-state index contributed by atoms with van der Waals surface area (Å²) in [7, 11) is 0. The van der Waals surface area contributed by atoms with Gasteiger partial charge in [0.05, 0.1) is 16.6 Å². The SMILES string of the molecule is Cc1cc2nc(Oc3ccccc3C)c3ccccc3n2n1. The van der Waals surface area contributed by atoms with Crippen LogP contribution in [-0.2, 0) is 0 Å². The number of fused-ring (bicyclic) bond motifs is 3. The average Bonchev–Trinajstić information content (AvgIpc) is 2.90. The second kappa shape index (κ2) is 4.84. The fraction of sp³-hybridized carbons (Fsp3) is 0.111. The number of benzene rings is 2. The normalized spacial score (nSPS) is 11.2. The molecular weight excluding hydrogens is 274 g/mol. The molecule has 4 nitrogen and oxygen atoms in total. The number of nitrogens with zero attached hydrogens (tertiary/aromatic N) is 3. The molecule has 22 heavy (non-hydrogen) atoms. The summed E-state index contributed by atoms with van der Waals surface area (Å²) in [6, 6.07) is 17.9. The van der Waals surface area contributed by atoms with Crippen molar-refractivity contribution >= 4 is 16.6 Å². The Morgan fingerprint density at radius 2 is 1.73 bits per heavy atom. The summed E-state index contributed by atoms with van der Waals surface area (Å²) in [5.74, 6) is 1.43. The van der Waals surface area contributed by atoms with Crippen LogP contribution in [0.15, 0.2) is 54.6 Å². The second-order valence-electron chi connectivity index (χ2n) is 5.36. The van der Waals surface area contributed by atoms with Gasteiger partial charge in [-0.05, 0) is 37.6 Å². The van der Waals surface area contributed by atoms with Crippen molar-refractivity contribution in [1.29, 1.82) is 0 Å². The van der Waals surface area contributed by atoms with Gasteiger partial charge in [-0.2, -0.15) is 10.1 Å². The maximum atomic E-state index is 6.09. The van der Waals surface area contributed by atoms with Crippen molar-refractivity contribution in [1.82, 2.24) is 14.6 Å². The Bertz CT molecular complexity index is 988. The van der Waals surface area contributed by atoms with Crippen LogP contribution in [0.1, 0.15) is 11.3 Å². The molecule has 2 aromatic heterocycles. The highest BCUT2D eigenvalue weighted by Crippen LogP contribution is 2.30. The molecule has 0 saturated carbocycles. The number of rotatable bonds is 2. The summed E-state index contributed by atoms with van der Waals surface area (Å²) < 4.78 is 7.94. The van der Waals surface area contributed by atoms with Crippen molar-refractivity contribution in [3.05, 3.63) is 65.9 Å². The third kappa shape index (κ3) is 2.00. The Balaban J connectivity index is 1.97. The summed E-state index contributed by atoms with van der Waals surface area (Å²) in [4.78, 5) is 4.64. The second-order valence-corrected chi connectivity index (χ2v) is 5.36. The summed E-state index contributed by atoms with van der Waals surface area (Å²) in [6.07, 6.45) is 0. The van der Waals surface area contributed by atoms with Gasteiger partial charge < -0.3 is 4.74 Å². The zero-order valence-electron chi connectivity index (χ0n) is 12.4. The first kappa shape index (κ1) is 12.8. The molecule has 0 unspecified atom stereocenters. The van der Waals surface area contributed by atoms with Gasteiger partial charge in [0, 0.05) is 6.07 Å². The maximum absolute atomic E-state index is 6.09. The van der Waals surface area contributed by atoms with Crippen LogP contribution < -0.4 is 4.74 Å². The molecule has 0 spiro atoms. The smallest absolute Gasteiger partial charge is 0.230 e. The van der Waals surface area contributed by atoms with Gasteiger partial charge in [-0.3, -0.25) is 0 Å². The van der Waals surface area contributed by atoms with Crippen LogP contribution in [0.5, 0.6) is 11.6 Å². The highest BCUT2D eigenvalue weighted by atomic mass is 16.5. The Morgan fingerprint density at radius 3 is 2.59 bits per heavy atom. The molecule has 0 aliphatic rings. The van der Waals surface area contributed by atoms with E-state index in [1.165, 1.54) is 0 Å². The van der Waals surface area contributed by atoms with Gasteiger partial charge >= 0.3 is 0 Å². The van der Waals surface area contributed by atoms with Gasteiger partial charge in [0.15, 0.2) is 5.65 Å². The number of aryl methyl sites for hydroxylation is 2. The topological polar surface area (TPSA) is 39.4 Å². The molecule has 4 rings (SSSR count). The van der Waals surface area contributed by atoms with Gasteiger partial charge in [-0.1, -0.05) is 30.3 Å². The zero-order chi connectivity index (χ0) is 15.1. The van der Waals surface area contributed by atoms with E-state index in [1.807, 2.05) is 73.0 Å². The van der Waals surface area contributed by atoms with E-state index >= 15 is 0 Å². The lowest BCUT2D eigenvalue weighted by Gasteiger charge is -2.11. The van der Waals surface area contributed by atoms with Gasteiger partial charge in [0.25, 0.3) is 0 Å². The van der Waals surface area contributed by atoms with Crippen molar-refractivity contribution in [2.75, 3.05) is 0 Å². The van der Waals surface area contributed by atoms with Crippen LogP contribution in [0, 0.1) is 13.8 Å². The molecule has 0 amide bonds. The van der Waals surface area contributed by atoms with Gasteiger partial charge in [0.1, 0.15) is 5.75 Å². The molecule has 0 saturated heterocycles. The molecule has 0 fully saturated rings. The standard InChI is InChI=1S/C18H15N3O/c1-12-7-3-6-10-16(12)22-18-14-8-4-5-9-15(14)21-17(19-18)11-13(2)20-21/h3-11H,1-2H3. The van der Waals surface area contributed by atoms with E-state index in [0.29, 0.717) is 5.88 Å². The highest BCUT2D eigenvalue weighted by molar-refractivity contribution is 5.86. The minimum absolute atomic E-state index is 0.609. The fourth-order valence-electron chi connectivity index (χ4n) is 2.60. The molecule has 4 heteroatoms. The first-order valence-electron chi connectivity index (χ1n) is 7.21. The molecule has 0 aliphatic heterocycles. The van der Waals surface area contributed by atoms with Crippen LogP contribution in [0.25, 0.3) is 16.6 Å². The lowest BCUT2D eigenvalue weighted by atomic mass is 10.2. The average molecular weight is 289 g/mol. The van der Waals surface area contributed by atoms with Crippen molar-refractivity contribution < 1.29 is 4.74 Å². The predicted octanol–water partition coefficient (Wildman–Crippen LogP) is 4.29. The highest BCUT2D eigenvalue weighted by Gasteiger charge is 2.12. The largest absolute Gasteiger partial charge is 0.438 e. The van der Waals surface area contributed by atoms with Crippen LogP contribution in [0.3, 0.4) is 0 Å². The van der Waals surface area contributed by atoms with Gasteiger partial charge in [-0.15, -0.1) is 0 Å². The van der Waals surface area contributed by atoms with E-state index in [1.54, 1.807) is 0 Å². The molecule has 2 aromatic carbocycles. The number of para-hydroxylation sites is 2. The Labute approximate surface area is 128 Å². The molecule has 108 valence electrons. The van der Waals surface area contributed by atoms with E-state index < -0.39 is 0 Å². The lowest BCUT2D eigenvalue weighted by molar-refractivity contribution is 0.466. The van der Waals surface area contributed by atoms with Crippen LogP contribution in [-0.4, -0.2) is 14.6 Å². The first-order chi connectivity index (χ1) is 10.7. The molecule has 0 radical (unpaired) electrons. The van der Waals surface area contributed by atoms with E-state index in [9.17, 15) is 0 Å². The Morgan fingerprint density at radius 1 is 0.955 bits per heavy atom. The number of ether oxygens (including phenoxy) is 1. The van der Waals surface area contributed by atoms with Gasteiger partial charge in [0.2, 0.25) is 5.88 Å². The summed E-state index contributed by atoms with van der Waals surface area (Å²) in [6.45, 7) is 3.99. The summed E-state index contributed by atoms with van der Waals surface area (Å²) >= 11 is 0. The molecule has 2 heterocycles. The van der Waals surface area contributed by atoms with Crippen molar-refractivity contribution in [2.24, 2.45) is 0 Å². The molecule has 0 bridgehead atoms. The molecule has 0 atom stereocenters. The quantitative estimate of drug-likeness (QED) is 0.552. The summed E-state index contributed by atoms with van der Waals surface area (Å²) in [5, 5.41) is 5.45. The summed E-state index contributed by atoms with van der Waals surface area (Å²) in [5.41, 5.74) is 3.80. The first-order valence-corrected chi connectivity index (χ1v) is 7.21.